The first-order valence-corrected chi connectivity index (χ1v) is 19.7. The van der Waals surface area contributed by atoms with Gasteiger partial charge in [0.15, 0.2) is 11.5 Å². The van der Waals surface area contributed by atoms with Crippen molar-refractivity contribution in [2.45, 2.75) is 5.41 Å². The number of anilines is 3. The van der Waals surface area contributed by atoms with Crippen LogP contribution in [0.25, 0.3) is 75.9 Å². The molecule has 11 aromatic rings. The molecule has 5 heteroatoms. The van der Waals surface area contributed by atoms with Crippen LogP contribution >= 0.6 is 11.3 Å². The number of benzene rings is 7. The minimum atomic E-state index is -0.718. The molecule has 0 atom stereocenters. The zero-order valence-corrected chi connectivity index (χ0v) is 30.6. The Morgan fingerprint density at radius 1 is 0.464 bits per heavy atom. The molecule has 2 aliphatic rings. The lowest BCUT2D eigenvalue weighted by atomic mass is 9.64. The lowest BCUT2D eigenvalue weighted by Gasteiger charge is -2.44. The molecule has 1 spiro atoms. The molecule has 0 bridgehead atoms. The van der Waals surface area contributed by atoms with Gasteiger partial charge in [-0.25, -0.2) is 0 Å². The highest BCUT2D eigenvalue weighted by molar-refractivity contribution is 7.27. The number of nitrogens with zero attached hydrogens (tertiary/aromatic N) is 1. The fourth-order valence-corrected chi connectivity index (χ4v) is 11.2. The zero-order chi connectivity index (χ0) is 36.5. The second-order valence-electron chi connectivity index (χ2n) is 14.7. The number of thiophene rings is 1. The molecule has 5 heterocycles. The van der Waals surface area contributed by atoms with Crippen LogP contribution in [0.1, 0.15) is 22.3 Å². The van der Waals surface area contributed by atoms with Gasteiger partial charge in [0.05, 0.1) is 29.3 Å². The van der Waals surface area contributed by atoms with Gasteiger partial charge in [-0.3, -0.25) is 0 Å². The maximum Gasteiger partial charge on any atom is 0.174 e. The number of rotatable bonds is 3. The van der Waals surface area contributed by atoms with Crippen LogP contribution in [0.15, 0.2) is 190 Å². The molecule has 0 radical (unpaired) electrons. The van der Waals surface area contributed by atoms with Crippen LogP contribution in [0.2, 0.25) is 0 Å². The largest absolute Gasteiger partial charge is 0.461 e. The predicted molar refractivity (Wildman–Crippen MR) is 228 cm³/mol. The Morgan fingerprint density at radius 2 is 1.12 bits per heavy atom. The number of para-hydroxylation sites is 2. The summed E-state index contributed by atoms with van der Waals surface area (Å²) >= 11 is 1.89. The summed E-state index contributed by atoms with van der Waals surface area (Å²) in [6, 6.07) is 59.0. The molecule has 0 saturated carbocycles. The van der Waals surface area contributed by atoms with Crippen LogP contribution < -0.4 is 4.90 Å². The molecule has 0 saturated heterocycles. The predicted octanol–water partition coefficient (Wildman–Crippen LogP) is 14.6. The molecule has 1 aliphatic carbocycles. The van der Waals surface area contributed by atoms with Crippen molar-refractivity contribution in [2.75, 3.05) is 4.90 Å². The van der Waals surface area contributed by atoms with Crippen molar-refractivity contribution in [2.24, 2.45) is 0 Å². The first-order valence-electron chi connectivity index (χ1n) is 18.9. The smallest absolute Gasteiger partial charge is 0.174 e. The summed E-state index contributed by atoms with van der Waals surface area (Å²) in [5, 5.41) is 4.67. The van der Waals surface area contributed by atoms with E-state index in [2.05, 4.69) is 157 Å². The van der Waals surface area contributed by atoms with Crippen molar-refractivity contribution >= 4 is 70.5 Å². The molecule has 4 nitrogen and oxygen atoms in total. The monoisotopic (exact) mass is 735 g/mol. The number of hydrogen-bond acceptors (Lipinski definition) is 5. The fraction of sp³-hybridized carbons (Fsp3) is 0.0196. The Hall–Kier alpha value is -7.08. The molecular weight excluding hydrogens is 707 g/mol. The van der Waals surface area contributed by atoms with Gasteiger partial charge >= 0.3 is 0 Å². The molecule has 0 amide bonds. The highest BCUT2D eigenvalue weighted by Crippen LogP contribution is 2.67. The first-order chi connectivity index (χ1) is 27.8. The van der Waals surface area contributed by atoms with Gasteiger partial charge < -0.3 is 18.2 Å². The average molecular weight is 736 g/mol. The van der Waals surface area contributed by atoms with Gasteiger partial charge in [0, 0.05) is 58.9 Å². The van der Waals surface area contributed by atoms with Gasteiger partial charge in [-0.05, 0) is 70.8 Å². The number of hydrogen-bond donors (Lipinski definition) is 0. The fourth-order valence-electron chi connectivity index (χ4n) is 9.84. The first kappa shape index (κ1) is 30.3. The molecule has 56 heavy (non-hydrogen) atoms. The topological polar surface area (TPSA) is 42.7 Å². The maximum absolute atomic E-state index is 6.35. The van der Waals surface area contributed by atoms with Gasteiger partial charge in [0.25, 0.3) is 0 Å². The van der Waals surface area contributed by atoms with Crippen LogP contribution in [0.3, 0.4) is 0 Å². The summed E-state index contributed by atoms with van der Waals surface area (Å²) in [5.41, 5.74) is 13.8. The third kappa shape index (κ3) is 3.77. The van der Waals surface area contributed by atoms with E-state index in [0.717, 1.165) is 61.6 Å². The second-order valence-corrected chi connectivity index (χ2v) is 15.8. The van der Waals surface area contributed by atoms with E-state index in [9.17, 15) is 0 Å². The van der Waals surface area contributed by atoms with E-state index in [-0.39, 0.29) is 0 Å². The Balaban J connectivity index is 1.25. The van der Waals surface area contributed by atoms with Crippen LogP contribution in [0.4, 0.5) is 17.1 Å². The molecule has 0 fully saturated rings. The normalized spacial score (nSPS) is 13.8. The molecule has 7 aromatic carbocycles. The van der Waals surface area contributed by atoms with E-state index >= 15 is 0 Å². The number of fused-ring (bicyclic) bond motifs is 16. The van der Waals surface area contributed by atoms with Crippen molar-refractivity contribution in [3.05, 3.63) is 199 Å². The van der Waals surface area contributed by atoms with Crippen LogP contribution in [-0.4, -0.2) is 0 Å². The summed E-state index contributed by atoms with van der Waals surface area (Å²) in [6.07, 6.45) is 3.64. The summed E-state index contributed by atoms with van der Waals surface area (Å²) in [5.74, 6) is 1.57. The summed E-state index contributed by atoms with van der Waals surface area (Å²) in [7, 11) is 0. The Labute approximate surface area is 325 Å². The highest BCUT2D eigenvalue weighted by Gasteiger charge is 2.56. The van der Waals surface area contributed by atoms with E-state index in [1.54, 1.807) is 0 Å². The van der Waals surface area contributed by atoms with Crippen LogP contribution in [0.5, 0.6) is 0 Å². The maximum atomic E-state index is 6.35. The summed E-state index contributed by atoms with van der Waals surface area (Å²) < 4.78 is 21.6. The van der Waals surface area contributed by atoms with Crippen molar-refractivity contribution in [3.63, 3.8) is 0 Å². The average Bonchev–Trinajstić information content (AvgIpc) is 4.09. The highest BCUT2D eigenvalue weighted by atomic mass is 32.1. The lowest BCUT2D eigenvalue weighted by molar-refractivity contribution is 0.525. The quantitative estimate of drug-likeness (QED) is 0.181. The zero-order valence-electron chi connectivity index (χ0n) is 29.8. The molecule has 262 valence electrons. The van der Waals surface area contributed by atoms with E-state index < -0.39 is 5.41 Å². The van der Waals surface area contributed by atoms with Crippen LogP contribution in [0, 0.1) is 0 Å². The molecule has 0 unspecified atom stereocenters. The summed E-state index contributed by atoms with van der Waals surface area (Å²) in [6.45, 7) is 0. The molecule has 1 aliphatic heterocycles. The van der Waals surface area contributed by atoms with E-state index in [1.807, 2.05) is 36.0 Å². The van der Waals surface area contributed by atoms with Gasteiger partial charge in [-0.1, -0.05) is 115 Å². The molecular formula is C51H29NO3S. The Morgan fingerprint density at radius 3 is 1.91 bits per heavy atom. The summed E-state index contributed by atoms with van der Waals surface area (Å²) in [4.78, 5) is 2.48. The van der Waals surface area contributed by atoms with Gasteiger partial charge in [-0.15, -0.1) is 11.3 Å². The Kier molecular flexibility index (Phi) is 5.95. The van der Waals surface area contributed by atoms with Crippen molar-refractivity contribution in [3.8, 4) is 33.8 Å². The Bertz CT molecular complexity index is 3340. The van der Waals surface area contributed by atoms with Gasteiger partial charge in [0.1, 0.15) is 11.2 Å². The van der Waals surface area contributed by atoms with E-state index in [1.165, 1.54) is 53.6 Å². The van der Waals surface area contributed by atoms with Crippen LogP contribution in [-0.2, 0) is 5.41 Å². The lowest BCUT2D eigenvalue weighted by Crippen LogP contribution is -2.36. The SMILES string of the molecule is c1ccc(-c2cccc3c2sc2c(-c4ccccc4)cc4c(c23)C2(c3ccccc3N4c3ccc4oc5ccccc5c4c3)c3ccoc3-c3occc32)cc1. The van der Waals surface area contributed by atoms with Crippen molar-refractivity contribution in [1.82, 2.24) is 0 Å². The van der Waals surface area contributed by atoms with Gasteiger partial charge in [-0.2, -0.15) is 0 Å². The van der Waals surface area contributed by atoms with Crippen molar-refractivity contribution in [1.29, 1.82) is 0 Å². The number of furan rings is 3. The minimum absolute atomic E-state index is 0.718. The molecule has 13 rings (SSSR count). The molecule has 0 N–H and O–H groups in total. The second kappa shape index (κ2) is 11.0. The van der Waals surface area contributed by atoms with Gasteiger partial charge in [0.2, 0.25) is 0 Å². The third-order valence-corrected chi connectivity index (χ3v) is 13.3. The van der Waals surface area contributed by atoms with E-state index in [4.69, 9.17) is 13.3 Å². The third-order valence-electron chi connectivity index (χ3n) is 12.0. The van der Waals surface area contributed by atoms with E-state index in [0.29, 0.717) is 0 Å². The minimum Gasteiger partial charge on any atom is -0.461 e. The molecule has 4 aromatic heterocycles. The standard InChI is InChI=1S/C51H29NO3S/c1-3-12-30(13-4-1)33-17-11-18-35-45-46-42(29-36(50(45)56-49(33)35)31-14-5-2-6-15-31)52(32-22-23-44-37(28-32)34-16-7-10-21-43(34)55-44)41-20-9-8-19-38(41)51(46)39-24-26-53-47(39)48-40(51)25-27-54-48/h1-29H. The van der Waals surface area contributed by atoms with Crippen molar-refractivity contribution < 1.29 is 13.3 Å².